The van der Waals surface area contributed by atoms with Gasteiger partial charge in [0.1, 0.15) is 4.88 Å². The molecule has 0 radical (unpaired) electrons. The molecule has 5 rings (SSSR count). The van der Waals surface area contributed by atoms with Gasteiger partial charge >= 0.3 is 5.97 Å². The van der Waals surface area contributed by atoms with Crippen LogP contribution in [0, 0.1) is 11.3 Å². The minimum Gasteiger partial charge on any atom is -0.477 e. The highest BCUT2D eigenvalue weighted by molar-refractivity contribution is 7.15. The minimum atomic E-state index is -1.00. The van der Waals surface area contributed by atoms with E-state index < -0.39 is 5.97 Å². The van der Waals surface area contributed by atoms with Crippen molar-refractivity contribution in [3.05, 3.63) is 121 Å². The molecule has 1 N–H and O–H groups in total. The maximum absolute atomic E-state index is 13.9. The van der Waals surface area contributed by atoms with Gasteiger partial charge in [0.2, 0.25) is 0 Å². The Kier molecular flexibility index (Phi) is 7.82. The van der Waals surface area contributed by atoms with E-state index in [9.17, 15) is 20.0 Å². The summed E-state index contributed by atoms with van der Waals surface area (Å²) in [4.78, 5) is 29.3. The molecule has 0 atom stereocenters. The number of halogens is 2. The topological polar surface area (TPSA) is 81.4 Å². The van der Waals surface area contributed by atoms with Crippen molar-refractivity contribution < 1.29 is 14.7 Å². The number of nitrogens with zero attached hydrogens (tertiary/aromatic N) is 2. The molecule has 0 spiro atoms. The minimum absolute atomic E-state index is 0.227. The number of hydrogen-bond donors (Lipinski definition) is 1. The summed E-state index contributed by atoms with van der Waals surface area (Å²) in [5.41, 5.74) is 3.54. The Labute approximate surface area is 242 Å². The molecule has 0 aliphatic heterocycles. The van der Waals surface area contributed by atoms with Crippen molar-refractivity contribution in [2.24, 2.45) is 0 Å². The average molecular weight is 590 g/mol. The van der Waals surface area contributed by atoms with Crippen molar-refractivity contribution in [3.8, 4) is 27.6 Å². The fraction of sp³-hybridized carbons (Fsp3) is 0.0333. The van der Waals surface area contributed by atoms with Gasteiger partial charge < -0.3 is 10.0 Å². The number of rotatable bonds is 7. The molecule has 1 amide bonds. The van der Waals surface area contributed by atoms with Gasteiger partial charge in [0, 0.05) is 31.6 Å². The van der Waals surface area contributed by atoms with E-state index in [1.165, 1.54) is 17.4 Å². The third-order valence-corrected chi connectivity index (χ3v) is 8.58. The highest BCUT2D eigenvalue weighted by atomic mass is 35.5. The molecular formula is C30H18Cl2N2O3S2. The van der Waals surface area contributed by atoms with E-state index in [4.69, 9.17) is 23.2 Å². The van der Waals surface area contributed by atoms with E-state index >= 15 is 0 Å². The van der Waals surface area contributed by atoms with E-state index in [0.29, 0.717) is 33.0 Å². The Morgan fingerprint density at radius 1 is 0.923 bits per heavy atom. The molecule has 3 aromatic carbocycles. The summed E-state index contributed by atoms with van der Waals surface area (Å²) >= 11 is 15.1. The van der Waals surface area contributed by atoms with Crippen LogP contribution in [0.15, 0.2) is 90.3 Å². The van der Waals surface area contributed by atoms with Crippen molar-refractivity contribution in [1.82, 2.24) is 0 Å². The van der Waals surface area contributed by atoms with E-state index in [-0.39, 0.29) is 22.4 Å². The van der Waals surface area contributed by atoms with Crippen LogP contribution in [0.2, 0.25) is 10.0 Å². The van der Waals surface area contributed by atoms with Gasteiger partial charge in [-0.2, -0.15) is 5.26 Å². The van der Waals surface area contributed by atoms with E-state index in [1.807, 2.05) is 36.4 Å². The standard InChI is InChI=1S/C30H18Cl2N2O3S2/c31-20-8-10-25(26(32)15-20)29(35)34(17-22-9-11-27(39-22)23-7-2-1-4-19(23)16-33)21-6-3-5-18(14-21)24-12-13-38-28(24)30(36)37/h1-15H,17H2,(H,36,37). The van der Waals surface area contributed by atoms with Crippen LogP contribution >= 0.6 is 45.9 Å². The van der Waals surface area contributed by atoms with Crippen molar-refractivity contribution >= 4 is 63.4 Å². The Hall–Kier alpha value is -3.93. The molecule has 192 valence electrons. The number of carbonyl (C=O) groups is 2. The first-order chi connectivity index (χ1) is 18.9. The second-order valence-electron chi connectivity index (χ2n) is 8.46. The van der Waals surface area contributed by atoms with Gasteiger partial charge in [-0.3, -0.25) is 4.79 Å². The maximum atomic E-state index is 13.9. The fourth-order valence-electron chi connectivity index (χ4n) is 4.19. The summed E-state index contributed by atoms with van der Waals surface area (Å²) in [6.07, 6.45) is 0. The van der Waals surface area contributed by atoms with Crippen LogP contribution in [-0.2, 0) is 6.54 Å². The second kappa shape index (κ2) is 11.4. The Bertz CT molecular complexity index is 1750. The van der Waals surface area contributed by atoms with Gasteiger partial charge in [-0.25, -0.2) is 4.79 Å². The number of benzene rings is 3. The van der Waals surface area contributed by atoms with Crippen molar-refractivity contribution in [3.63, 3.8) is 0 Å². The number of amides is 1. The zero-order valence-electron chi connectivity index (χ0n) is 20.1. The predicted molar refractivity (Wildman–Crippen MR) is 158 cm³/mol. The van der Waals surface area contributed by atoms with Crippen LogP contribution in [0.25, 0.3) is 21.6 Å². The molecule has 5 aromatic rings. The first-order valence-corrected chi connectivity index (χ1v) is 14.1. The molecular weight excluding hydrogens is 571 g/mol. The third kappa shape index (κ3) is 5.60. The van der Waals surface area contributed by atoms with Crippen LogP contribution < -0.4 is 4.90 Å². The number of hydrogen-bond acceptors (Lipinski definition) is 5. The van der Waals surface area contributed by atoms with E-state index in [2.05, 4.69) is 6.07 Å². The van der Waals surface area contributed by atoms with Gasteiger partial charge in [0.15, 0.2) is 0 Å². The quantitative estimate of drug-likeness (QED) is 0.206. The largest absolute Gasteiger partial charge is 0.477 e. The molecule has 0 unspecified atom stereocenters. The number of nitriles is 1. The lowest BCUT2D eigenvalue weighted by molar-refractivity contribution is 0.0702. The molecule has 2 heterocycles. The van der Waals surface area contributed by atoms with E-state index in [0.717, 1.165) is 26.7 Å². The second-order valence-corrected chi connectivity index (χ2v) is 11.4. The molecule has 0 fully saturated rings. The fourth-order valence-corrected chi connectivity index (χ4v) is 6.47. The number of aromatic carboxylic acids is 1. The van der Waals surface area contributed by atoms with Crippen LogP contribution in [0.1, 0.15) is 30.5 Å². The third-order valence-electron chi connectivity index (χ3n) is 6.02. The average Bonchev–Trinajstić information content (AvgIpc) is 3.62. The van der Waals surface area contributed by atoms with Crippen LogP contribution in [0.5, 0.6) is 0 Å². The zero-order valence-corrected chi connectivity index (χ0v) is 23.2. The summed E-state index contributed by atoms with van der Waals surface area (Å²) in [5.74, 6) is -1.33. The predicted octanol–water partition coefficient (Wildman–Crippen LogP) is 8.87. The SMILES string of the molecule is N#Cc1ccccc1-c1ccc(CN(C(=O)c2ccc(Cl)cc2Cl)c2cccc(-c3ccsc3C(=O)O)c2)s1. The summed E-state index contributed by atoms with van der Waals surface area (Å²) < 4.78 is 0. The molecule has 0 saturated carbocycles. The molecule has 2 aromatic heterocycles. The normalized spacial score (nSPS) is 10.7. The zero-order chi connectivity index (χ0) is 27.5. The Balaban J connectivity index is 1.57. The Morgan fingerprint density at radius 3 is 2.51 bits per heavy atom. The molecule has 5 nitrogen and oxygen atoms in total. The van der Waals surface area contributed by atoms with Crippen LogP contribution in [-0.4, -0.2) is 17.0 Å². The first kappa shape index (κ1) is 26.7. The van der Waals surface area contributed by atoms with Crippen molar-refractivity contribution in [1.29, 1.82) is 5.26 Å². The lowest BCUT2D eigenvalue weighted by Gasteiger charge is -2.24. The number of carbonyl (C=O) groups excluding carboxylic acids is 1. The number of carboxylic acids is 1. The number of carboxylic acid groups (broad SMARTS) is 1. The number of anilines is 1. The molecule has 9 heteroatoms. The van der Waals surface area contributed by atoms with Gasteiger partial charge in [-0.1, -0.05) is 53.5 Å². The van der Waals surface area contributed by atoms with E-state index in [1.54, 1.807) is 52.7 Å². The molecule has 0 saturated heterocycles. The van der Waals surface area contributed by atoms with Crippen LogP contribution in [0.3, 0.4) is 0 Å². The van der Waals surface area contributed by atoms with Crippen LogP contribution in [0.4, 0.5) is 5.69 Å². The Morgan fingerprint density at radius 2 is 1.74 bits per heavy atom. The molecule has 0 aliphatic rings. The molecule has 0 bridgehead atoms. The summed E-state index contributed by atoms with van der Waals surface area (Å²) in [6.45, 7) is 0.232. The molecule has 0 aliphatic carbocycles. The van der Waals surface area contributed by atoms with Gasteiger partial charge in [-0.15, -0.1) is 22.7 Å². The van der Waals surface area contributed by atoms with Crippen molar-refractivity contribution in [2.45, 2.75) is 6.54 Å². The van der Waals surface area contributed by atoms with Gasteiger partial charge in [0.05, 0.1) is 28.8 Å². The molecule has 39 heavy (non-hydrogen) atoms. The monoisotopic (exact) mass is 588 g/mol. The smallest absolute Gasteiger partial charge is 0.346 e. The summed E-state index contributed by atoms with van der Waals surface area (Å²) in [5, 5.41) is 21.5. The highest BCUT2D eigenvalue weighted by Crippen LogP contribution is 2.35. The number of thiophene rings is 2. The lowest BCUT2D eigenvalue weighted by atomic mass is 10.0. The van der Waals surface area contributed by atoms with Gasteiger partial charge in [-0.05, 0) is 65.5 Å². The van der Waals surface area contributed by atoms with Crippen molar-refractivity contribution in [2.75, 3.05) is 4.90 Å². The summed E-state index contributed by atoms with van der Waals surface area (Å²) in [7, 11) is 0. The first-order valence-electron chi connectivity index (χ1n) is 11.6. The van der Waals surface area contributed by atoms with Gasteiger partial charge in [0.25, 0.3) is 5.91 Å². The highest BCUT2D eigenvalue weighted by Gasteiger charge is 2.23. The summed E-state index contributed by atoms with van der Waals surface area (Å²) in [6, 6.07) is 27.2. The lowest BCUT2D eigenvalue weighted by Crippen LogP contribution is -2.30. The maximum Gasteiger partial charge on any atom is 0.346 e.